The summed E-state index contributed by atoms with van der Waals surface area (Å²) in [7, 11) is 0. The first-order valence-electron chi connectivity index (χ1n) is 12.4. The second-order valence-electron chi connectivity index (χ2n) is 10.1. The van der Waals surface area contributed by atoms with Crippen molar-refractivity contribution in [2.75, 3.05) is 6.61 Å². The molecule has 5 heteroatoms. The van der Waals surface area contributed by atoms with E-state index in [0.29, 0.717) is 19.3 Å². The standard InChI is InChI=1S/C29H30O5/c1-3-32-25(31)29-24(30)26(2)17-9-10-18-27(26,34-29)33-28(29)22(19-20-11-5-4-6-12-20)16-15-21-13-7-8-14-23(21)28/h4-8,11-14,19H,3,9-10,15-18H2,1-2H3/b22-19+/t26-,27-,28?,29-/m1/s1. The van der Waals surface area contributed by atoms with Gasteiger partial charge >= 0.3 is 5.97 Å². The predicted molar refractivity (Wildman–Crippen MR) is 127 cm³/mol. The normalized spacial score (nSPS) is 37.0. The van der Waals surface area contributed by atoms with E-state index in [4.69, 9.17) is 14.2 Å². The van der Waals surface area contributed by atoms with Crippen LogP contribution in [0.15, 0.2) is 60.2 Å². The molecule has 2 bridgehead atoms. The number of hydrogen-bond acceptors (Lipinski definition) is 5. The lowest BCUT2D eigenvalue weighted by Crippen LogP contribution is -2.67. The molecule has 0 N–H and O–H groups in total. The van der Waals surface area contributed by atoms with Gasteiger partial charge in [-0.1, -0.05) is 67.1 Å². The fourth-order valence-electron chi connectivity index (χ4n) is 6.84. The molecule has 1 unspecified atom stereocenters. The number of Topliss-reactive ketones (excluding diaryl/α,β-unsaturated/α-hetero) is 1. The molecular formula is C29H30O5. The van der Waals surface area contributed by atoms with Crippen LogP contribution in [0.3, 0.4) is 0 Å². The van der Waals surface area contributed by atoms with Crippen LogP contribution in [0, 0.1) is 5.41 Å². The van der Waals surface area contributed by atoms with Crippen molar-refractivity contribution in [3.63, 3.8) is 0 Å². The van der Waals surface area contributed by atoms with Crippen molar-refractivity contribution in [2.24, 2.45) is 5.41 Å². The first kappa shape index (κ1) is 21.8. The summed E-state index contributed by atoms with van der Waals surface area (Å²) in [6.07, 6.45) is 6.56. The van der Waals surface area contributed by atoms with Gasteiger partial charge in [-0.2, -0.15) is 0 Å². The summed E-state index contributed by atoms with van der Waals surface area (Å²) >= 11 is 0. The molecule has 0 amide bonds. The summed E-state index contributed by atoms with van der Waals surface area (Å²) < 4.78 is 19.4. The second-order valence-corrected chi connectivity index (χ2v) is 10.1. The molecule has 2 heterocycles. The zero-order valence-electron chi connectivity index (χ0n) is 19.8. The summed E-state index contributed by atoms with van der Waals surface area (Å²) in [6.45, 7) is 3.84. The van der Waals surface area contributed by atoms with E-state index in [2.05, 4.69) is 12.1 Å². The van der Waals surface area contributed by atoms with E-state index in [1.807, 2.05) is 55.5 Å². The minimum Gasteiger partial charge on any atom is -0.463 e. The van der Waals surface area contributed by atoms with Crippen LogP contribution in [0.1, 0.15) is 62.6 Å². The van der Waals surface area contributed by atoms with E-state index in [1.54, 1.807) is 6.92 Å². The van der Waals surface area contributed by atoms with Crippen LogP contribution in [0.4, 0.5) is 0 Å². The predicted octanol–water partition coefficient (Wildman–Crippen LogP) is 5.12. The van der Waals surface area contributed by atoms with E-state index in [1.165, 1.54) is 0 Å². The van der Waals surface area contributed by atoms with Gasteiger partial charge in [-0.05, 0) is 61.8 Å². The van der Waals surface area contributed by atoms with Crippen molar-refractivity contribution >= 4 is 17.8 Å². The summed E-state index contributed by atoms with van der Waals surface area (Å²) in [5.74, 6) is -1.97. The summed E-state index contributed by atoms with van der Waals surface area (Å²) in [4.78, 5) is 28.4. The molecule has 34 heavy (non-hydrogen) atoms. The SMILES string of the molecule is CCOC(=O)[C@]12O[C@@]3(CCCC[C@]3(C)C1=O)OC21/C(=C/c2ccccc2)CCc2ccccc21. The summed E-state index contributed by atoms with van der Waals surface area (Å²) in [6, 6.07) is 18.0. The highest BCUT2D eigenvalue weighted by molar-refractivity contribution is 6.15. The van der Waals surface area contributed by atoms with Gasteiger partial charge in [0.1, 0.15) is 0 Å². The van der Waals surface area contributed by atoms with Crippen LogP contribution in [-0.4, -0.2) is 29.7 Å². The van der Waals surface area contributed by atoms with Crippen LogP contribution < -0.4 is 0 Å². The molecule has 1 saturated carbocycles. The molecule has 0 aromatic heterocycles. The maximum Gasteiger partial charge on any atom is 0.350 e. The molecule has 6 rings (SSSR count). The van der Waals surface area contributed by atoms with E-state index in [-0.39, 0.29) is 12.4 Å². The lowest BCUT2D eigenvalue weighted by molar-refractivity contribution is -0.249. The van der Waals surface area contributed by atoms with Gasteiger partial charge in [0.25, 0.3) is 5.60 Å². The Morgan fingerprint density at radius 3 is 2.53 bits per heavy atom. The number of fused-ring (bicyclic) bond motifs is 4. The highest BCUT2D eigenvalue weighted by Gasteiger charge is 2.88. The van der Waals surface area contributed by atoms with E-state index in [9.17, 15) is 9.59 Å². The monoisotopic (exact) mass is 458 g/mol. The van der Waals surface area contributed by atoms with E-state index < -0.39 is 28.4 Å². The van der Waals surface area contributed by atoms with Crippen LogP contribution in [0.25, 0.3) is 6.08 Å². The van der Waals surface area contributed by atoms with Gasteiger partial charge in [0.15, 0.2) is 17.2 Å². The highest BCUT2D eigenvalue weighted by Crippen LogP contribution is 2.72. The molecule has 2 aliphatic carbocycles. The average Bonchev–Trinajstić information content (AvgIpc) is 3.27. The summed E-state index contributed by atoms with van der Waals surface area (Å²) in [5, 5.41) is 0. The van der Waals surface area contributed by atoms with Crippen LogP contribution in [0.2, 0.25) is 0 Å². The zero-order valence-corrected chi connectivity index (χ0v) is 19.8. The number of hydrogen-bond donors (Lipinski definition) is 0. The van der Waals surface area contributed by atoms with Crippen LogP contribution >= 0.6 is 0 Å². The van der Waals surface area contributed by atoms with E-state index in [0.717, 1.165) is 41.5 Å². The second kappa shape index (κ2) is 7.37. The van der Waals surface area contributed by atoms with Crippen LogP contribution in [-0.2, 0) is 35.8 Å². The van der Waals surface area contributed by atoms with E-state index >= 15 is 0 Å². The molecule has 4 aliphatic rings. The van der Waals surface area contributed by atoms with Crippen molar-refractivity contribution in [2.45, 2.75) is 69.4 Å². The Morgan fingerprint density at radius 1 is 1.00 bits per heavy atom. The van der Waals surface area contributed by atoms with Gasteiger partial charge in [0.05, 0.1) is 12.0 Å². The first-order valence-corrected chi connectivity index (χ1v) is 12.4. The zero-order chi connectivity index (χ0) is 23.6. The Hall–Kier alpha value is -2.76. The number of ether oxygens (including phenoxy) is 3. The molecular weight excluding hydrogens is 428 g/mol. The van der Waals surface area contributed by atoms with Crippen molar-refractivity contribution in [1.82, 2.24) is 0 Å². The van der Waals surface area contributed by atoms with Crippen molar-refractivity contribution in [1.29, 1.82) is 0 Å². The molecule has 2 aromatic rings. The third-order valence-corrected chi connectivity index (χ3v) is 8.44. The fraction of sp³-hybridized carbons (Fsp3) is 0.448. The highest BCUT2D eigenvalue weighted by atomic mass is 16.8. The Morgan fingerprint density at radius 2 is 1.74 bits per heavy atom. The average molecular weight is 459 g/mol. The molecule has 3 fully saturated rings. The lowest BCUT2D eigenvalue weighted by Gasteiger charge is -2.52. The quantitative estimate of drug-likeness (QED) is 0.472. The van der Waals surface area contributed by atoms with Gasteiger partial charge in [-0.25, -0.2) is 4.79 Å². The fourth-order valence-corrected chi connectivity index (χ4v) is 6.84. The number of esters is 1. The largest absolute Gasteiger partial charge is 0.463 e. The number of rotatable bonds is 3. The molecule has 5 nitrogen and oxygen atoms in total. The Labute approximate surface area is 200 Å². The van der Waals surface area contributed by atoms with Gasteiger partial charge in [0, 0.05) is 6.42 Å². The molecule has 4 atom stereocenters. The smallest absolute Gasteiger partial charge is 0.350 e. The molecule has 2 spiro atoms. The third kappa shape index (κ3) is 2.47. The molecule has 2 saturated heterocycles. The van der Waals surface area contributed by atoms with Gasteiger partial charge < -0.3 is 14.2 Å². The number of aryl methyl sites for hydroxylation is 1. The first-order chi connectivity index (χ1) is 16.4. The van der Waals surface area contributed by atoms with Crippen LogP contribution in [0.5, 0.6) is 0 Å². The lowest BCUT2D eigenvalue weighted by atomic mass is 9.57. The Balaban J connectivity index is 1.67. The molecule has 176 valence electrons. The number of ketones is 1. The maximum absolute atomic E-state index is 14.5. The molecule has 0 radical (unpaired) electrons. The van der Waals surface area contributed by atoms with Gasteiger partial charge in [-0.15, -0.1) is 0 Å². The topological polar surface area (TPSA) is 61.8 Å². The maximum atomic E-state index is 14.5. The van der Waals surface area contributed by atoms with Gasteiger partial charge in [-0.3, -0.25) is 4.79 Å². The third-order valence-electron chi connectivity index (χ3n) is 8.44. The van der Waals surface area contributed by atoms with Crippen molar-refractivity contribution in [3.05, 3.63) is 76.9 Å². The van der Waals surface area contributed by atoms with Crippen molar-refractivity contribution in [3.8, 4) is 0 Å². The Bertz CT molecular complexity index is 1200. The minimum atomic E-state index is -1.86. The van der Waals surface area contributed by atoms with Crippen molar-refractivity contribution < 1.29 is 23.8 Å². The number of carbonyl (C=O) groups is 2. The summed E-state index contributed by atoms with van der Waals surface area (Å²) in [5.41, 5.74) is -0.283. The molecule has 2 aliphatic heterocycles. The number of benzene rings is 2. The molecule has 2 aromatic carbocycles. The Kier molecular flexibility index (Phi) is 4.71. The van der Waals surface area contributed by atoms with Gasteiger partial charge in [0.2, 0.25) is 0 Å². The number of carbonyl (C=O) groups excluding carboxylic acids is 2. The minimum absolute atomic E-state index is 0.163.